The molecule has 98 valence electrons. The highest BCUT2D eigenvalue weighted by Gasteiger charge is 2.23. The molecule has 2 aromatic heterocycles. The van der Waals surface area contributed by atoms with Gasteiger partial charge in [-0.3, -0.25) is 4.79 Å². The smallest absolute Gasteiger partial charge is 0.273 e. The van der Waals surface area contributed by atoms with Crippen LogP contribution < -0.4 is 0 Å². The van der Waals surface area contributed by atoms with Crippen LogP contribution in [-0.2, 0) is 13.0 Å². The third-order valence-electron chi connectivity index (χ3n) is 3.28. The third kappa shape index (κ3) is 2.58. The molecule has 0 atom stereocenters. The molecule has 0 bridgehead atoms. The molecule has 0 aromatic carbocycles. The molecule has 19 heavy (non-hydrogen) atoms. The lowest BCUT2D eigenvalue weighted by Crippen LogP contribution is -2.31. The van der Waals surface area contributed by atoms with Crippen molar-refractivity contribution >= 4 is 33.2 Å². The van der Waals surface area contributed by atoms with E-state index in [0.717, 1.165) is 23.9 Å². The van der Waals surface area contributed by atoms with E-state index in [0.29, 0.717) is 12.2 Å². The van der Waals surface area contributed by atoms with E-state index in [2.05, 4.69) is 32.4 Å². The fraction of sp³-hybridized carbons (Fsp3) is 0.286. The second-order valence-corrected chi connectivity index (χ2v) is 6.39. The van der Waals surface area contributed by atoms with Crippen molar-refractivity contribution in [2.45, 2.75) is 19.4 Å². The minimum atomic E-state index is 0.00604. The van der Waals surface area contributed by atoms with E-state index in [-0.39, 0.29) is 5.91 Å². The summed E-state index contributed by atoms with van der Waals surface area (Å²) in [7, 11) is 0. The Bertz CT molecular complexity index is 611. The van der Waals surface area contributed by atoms with Gasteiger partial charge in [0.15, 0.2) is 0 Å². The van der Waals surface area contributed by atoms with Gasteiger partial charge in [-0.05, 0) is 57.9 Å². The average Bonchev–Trinajstić information content (AvgIpc) is 2.76. The van der Waals surface area contributed by atoms with Crippen molar-refractivity contribution in [1.29, 1.82) is 0 Å². The van der Waals surface area contributed by atoms with Gasteiger partial charge in [0, 0.05) is 28.6 Å². The van der Waals surface area contributed by atoms with Crippen molar-refractivity contribution in [3.05, 3.63) is 50.4 Å². The lowest BCUT2D eigenvalue weighted by molar-refractivity contribution is 0.0739. The first kappa shape index (κ1) is 12.8. The predicted octanol–water partition coefficient (Wildman–Crippen LogP) is 3.49. The van der Waals surface area contributed by atoms with Gasteiger partial charge in [-0.1, -0.05) is 0 Å². The molecule has 0 aliphatic carbocycles. The Balaban J connectivity index is 1.87. The molecule has 1 amide bonds. The zero-order valence-electron chi connectivity index (χ0n) is 10.3. The van der Waals surface area contributed by atoms with Gasteiger partial charge in [0.2, 0.25) is 0 Å². The Morgan fingerprint density at radius 2 is 2.32 bits per heavy atom. The Morgan fingerprint density at radius 3 is 3.16 bits per heavy atom. The third-order valence-corrected chi connectivity index (χ3v) is 4.94. The van der Waals surface area contributed by atoms with Gasteiger partial charge < -0.3 is 4.90 Å². The van der Waals surface area contributed by atoms with Gasteiger partial charge in [0.05, 0.1) is 0 Å². The first-order chi connectivity index (χ1) is 9.25. The van der Waals surface area contributed by atoms with Crippen LogP contribution in [-0.4, -0.2) is 22.3 Å². The number of carbonyl (C=O) groups excluding carboxylic acids is 1. The molecule has 3 rings (SSSR count). The van der Waals surface area contributed by atoms with Crippen LogP contribution in [0.5, 0.6) is 0 Å². The van der Waals surface area contributed by atoms with Crippen molar-refractivity contribution in [2.75, 3.05) is 6.54 Å². The van der Waals surface area contributed by atoms with Gasteiger partial charge in [-0.25, -0.2) is 4.98 Å². The monoisotopic (exact) mass is 336 g/mol. The summed E-state index contributed by atoms with van der Waals surface area (Å²) in [6.07, 6.45) is 3.75. The van der Waals surface area contributed by atoms with Crippen LogP contribution >= 0.6 is 27.3 Å². The van der Waals surface area contributed by atoms with Crippen LogP contribution in [0.1, 0.15) is 27.3 Å². The summed E-state index contributed by atoms with van der Waals surface area (Å²) < 4.78 is 0.759. The normalized spacial score (nSPS) is 14.9. The predicted molar refractivity (Wildman–Crippen MR) is 79.3 cm³/mol. The number of hydrogen-bond acceptors (Lipinski definition) is 3. The number of amides is 1. The Labute approximate surface area is 124 Å². The molecule has 0 saturated carbocycles. The molecule has 0 unspecified atom stereocenters. The summed E-state index contributed by atoms with van der Waals surface area (Å²) in [5, 5.41) is 2.11. The second kappa shape index (κ2) is 5.43. The van der Waals surface area contributed by atoms with Gasteiger partial charge in [0.25, 0.3) is 5.91 Å². The van der Waals surface area contributed by atoms with Gasteiger partial charge >= 0.3 is 0 Å². The summed E-state index contributed by atoms with van der Waals surface area (Å²) in [4.78, 5) is 20.0. The number of pyridine rings is 1. The molecule has 1 aliphatic rings. The van der Waals surface area contributed by atoms with Crippen molar-refractivity contribution in [3.8, 4) is 0 Å². The number of thiophene rings is 1. The zero-order valence-corrected chi connectivity index (χ0v) is 12.7. The minimum absolute atomic E-state index is 0.00604. The summed E-state index contributed by atoms with van der Waals surface area (Å²) in [5.74, 6) is 0.00604. The molecular weight excluding hydrogens is 324 g/mol. The molecule has 5 heteroatoms. The van der Waals surface area contributed by atoms with Crippen LogP contribution in [0.2, 0.25) is 0 Å². The zero-order chi connectivity index (χ0) is 13.2. The van der Waals surface area contributed by atoms with E-state index < -0.39 is 0 Å². The SMILES string of the molecule is O=C(c1ncccc1Br)N1CCCc2sccc2C1. The topological polar surface area (TPSA) is 33.2 Å². The van der Waals surface area contributed by atoms with Crippen LogP contribution in [0.4, 0.5) is 0 Å². The fourth-order valence-corrected chi connectivity index (χ4v) is 3.68. The van der Waals surface area contributed by atoms with Crippen LogP contribution in [0, 0.1) is 0 Å². The van der Waals surface area contributed by atoms with Crippen molar-refractivity contribution < 1.29 is 4.79 Å². The lowest BCUT2D eigenvalue weighted by atomic mass is 10.2. The lowest BCUT2D eigenvalue weighted by Gasteiger charge is -2.20. The molecule has 1 aliphatic heterocycles. The van der Waals surface area contributed by atoms with Crippen molar-refractivity contribution in [3.63, 3.8) is 0 Å². The number of carbonyl (C=O) groups is 1. The van der Waals surface area contributed by atoms with Gasteiger partial charge in [-0.2, -0.15) is 0 Å². The van der Waals surface area contributed by atoms with E-state index in [9.17, 15) is 4.79 Å². The quantitative estimate of drug-likeness (QED) is 0.798. The number of nitrogens with zero attached hydrogens (tertiary/aromatic N) is 2. The van der Waals surface area contributed by atoms with Gasteiger partial charge in [0.1, 0.15) is 5.69 Å². The Morgan fingerprint density at radius 1 is 1.42 bits per heavy atom. The minimum Gasteiger partial charge on any atom is -0.333 e. The molecule has 0 N–H and O–H groups in total. The molecule has 0 saturated heterocycles. The summed E-state index contributed by atoms with van der Waals surface area (Å²) in [5.41, 5.74) is 1.78. The molecule has 0 spiro atoms. The van der Waals surface area contributed by atoms with Crippen LogP contribution in [0.3, 0.4) is 0 Å². The largest absolute Gasteiger partial charge is 0.333 e. The van der Waals surface area contributed by atoms with E-state index in [1.807, 2.05) is 17.0 Å². The summed E-state index contributed by atoms with van der Waals surface area (Å²) in [6.45, 7) is 1.49. The highest BCUT2D eigenvalue weighted by atomic mass is 79.9. The second-order valence-electron chi connectivity index (χ2n) is 4.53. The van der Waals surface area contributed by atoms with Gasteiger partial charge in [-0.15, -0.1) is 11.3 Å². The van der Waals surface area contributed by atoms with Crippen molar-refractivity contribution in [1.82, 2.24) is 9.88 Å². The molecule has 0 radical (unpaired) electrons. The number of halogens is 1. The summed E-state index contributed by atoms with van der Waals surface area (Å²) in [6, 6.07) is 5.80. The average molecular weight is 337 g/mol. The molecule has 3 heterocycles. The maximum atomic E-state index is 12.5. The Hall–Kier alpha value is -1.20. The standard InChI is InChI=1S/C14H13BrN2OS/c15-11-3-1-6-16-13(11)14(18)17-7-2-4-12-10(9-17)5-8-19-12/h1,3,5-6,8H,2,4,7,9H2. The Kier molecular flexibility index (Phi) is 3.66. The number of hydrogen-bond donors (Lipinski definition) is 0. The molecule has 2 aromatic rings. The fourth-order valence-electron chi connectivity index (χ4n) is 2.31. The van der Waals surface area contributed by atoms with Crippen LogP contribution in [0.15, 0.2) is 34.2 Å². The molecule has 3 nitrogen and oxygen atoms in total. The molecule has 0 fully saturated rings. The first-order valence-electron chi connectivity index (χ1n) is 6.21. The van der Waals surface area contributed by atoms with Crippen LogP contribution in [0.25, 0.3) is 0 Å². The van der Waals surface area contributed by atoms with E-state index in [4.69, 9.17) is 0 Å². The maximum Gasteiger partial charge on any atom is 0.273 e. The van der Waals surface area contributed by atoms with E-state index in [1.54, 1.807) is 17.5 Å². The number of aryl methyl sites for hydroxylation is 1. The highest BCUT2D eigenvalue weighted by Crippen LogP contribution is 2.25. The number of fused-ring (bicyclic) bond motifs is 1. The molecular formula is C14H13BrN2OS. The van der Waals surface area contributed by atoms with E-state index >= 15 is 0 Å². The van der Waals surface area contributed by atoms with Crippen molar-refractivity contribution in [2.24, 2.45) is 0 Å². The number of aromatic nitrogens is 1. The maximum absolute atomic E-state index is 12.5. The van der Waals surface area contributed by atoms with E-state index in [1.165, 1.54) is 10.4 Å². The first-order valence-corrected chi connectivity index (χ1v) is 7.88. The summed E-state index contributed by atoms with van der Waals surface area (Å²) >= 11 is 5.19. The highest BCUT2D eigenvalue weighted by molar-refractivity contribution is 9.10. The number of rotatable bonds is 1.